The molecule has 1 atom stereocenters. The van der Waals surface area contributed by atoms with Crippen molar-refractivity contribution in [3.05, 3.63) is 54.1 Å². The van der Waals surface area contributed by atoms with Crippen LogP contribution in [0.15, 0.2) is 51.6 Å². The zero-order valence-corrected chi connectivity index (χ0v) is 12.5. The maximum atomic E-state index is 12.6. The molecule has 0 spiro atoms. The number of nitrogens with zero attached hydrogens (tertiary/aromatic N) is 2. The van der Waals surface area contributed by atoms with Gasteiger partial charge in [-0.3, -0.25) is 4.79 Å². The Morgan fingerprint density at radius 2 is 2.17 bits per heavy atom. The number of carbonyl (C=O) groups is 1. The van der Waals surface area contributed by atoms with E-state index >= 15 is 0 Å². The molecule has 23 heavy (non-hydrogen) atoms. The van der Waals surface area contributed by atoms with Gasteiger partial charge in [-0.15, -0.1) is 0 Å². The number of carbonyl (C=O) groups excluding carboxylic acids is 1. The van der Waals surface area contributed by atoms with Crippen LogP contribution in [0.1, 0.15) is 17.6 Å². The minimum atomic E-state index is -0.211. The molecule has 0 radical (unpaired) electrons. The number of hydrogen-bond donors (Lipinski definition) is 0. The van der Waals surface area contributed by atoms with E-state index in [1.165, 1.54) is 0 Å². The van der Waals surface area contributed by atoms with E-state index in [4.69, 9.17) is 13.7 Å². The summed E-state index contributed by atoms with van der Waals surface area (Å²) in [6.07, 6.45) is 1.62. The van der Waals surface area contributed by atoms with E-state index in [-0.39, 0.29) is 18.4 Å². The Hall–Kier alpha value is -2.60. The van der Waals surface area contributed by atoms with Gasteiger partial charge in [0.15, 0.2) is 5.58 Å². The average Bonchev–Trinajstić information content (AvgIpc) is 3.25. The maximum absolute atomic E-state index is 12.6. The molecule has 6 nitrogen and oxygen atoms in total. The van der Waals surface area contributed by atoms with E-state index in [2.05, 4.69) is 5.16 Å². The summed E-state index contributed by atoms with van der Waals surface area (Å²) in [5.74, 6) is 0.762. The van der Waals surface area contributed by atoms with E-state index in [1.807, 2.05) is 36.4 Å². The van der Waals surface area contributed by atoms with Gasteiger partial charge in [-0.2, -0.15) is 0 Å². The van der Waals surface area contributed by atoms with E-state index in [0.29, 0.717) is 31.0 Å². The molecule has 4 rings (SSSR count). The molecule has 2 aromatic heterocycles. The smallest absolute Gasteiger partial charge is 0.228 e. The normalized spacial score (nSPS) is 18.4. The number of morpholine rings is 1. The molecule has 118 valence electrons. The SMILES string of the molecule is O=C(Cc1noc2ccccc12)N1CCOC(c2ccco2)C1. The Morgan fingerprint density at radius 1 is 1.26 bits per heavy atom. The minimum Gasteiger partial charge on any atom is -0.467 e. The van der Waals surface area contributed by atoms with Crippen molar-refractivity contribution in [1.29, 1.82) is 0 Å². The number of furan rings is 1. The van der Waals surface area contributed by atoms with E-state index in [0.717, 1.165) is 11.1 Å². The third-order valence-electron chi connectivity index (χ3n) is 4.05. The third-order valence-corrected chi connectivity index (χ3v) is 4.05. The Balaban J connectivity index is 1.48. The lowest BCUT2D eigenvalue weighted by Crippen LogP contribution is -2.42. The van der Waals surface area contributed by atoms with Crippen LogP contribution in [0.3, 0.4) is 0 Å². The molecular weight excluding hydrogens is 296 g/mol. The summed E-state index contributed by atoms with van der Waals surface area (Å²) in [5, 5.41) is 4.91. The number of ether oxygens (including phenoxy) is 1. The van der Waals surface area contributed by atoms with Gasteiger partial charge in [-0.1, -0.05) is 17.3 Å². The van der Waals surface area contributed by atoms with Crippen molar-refractivity contribution in [2.75, 3.05) is 19.7 Å². The molecule has 0 bridgehead atoms. The fraction of sp³-hybridized carbons (Fsp3) is 0.294. The summed E-state index contributed by atoms with van der Waals surface area (Å²) in [5.41, 5.74) is 1.37. The molecule has 6 heteroatoms. The highest BCUT2D eigenvalue weighted by Gasteiger charge is 2.27. The quantitative estimate of drug-likeness (QED) is 0.743. The number of amides is 1. The molecule has 3 aromatic rings. The highest BCUT2D eigenvalue weighted by Crippen LogP contribution is 2.24. The van der Waals surface area contributed by atoms with Crippen molar-refractivity contribution < 1.29 is 18.5 Å². The van der Waals surface area contributed by atoms with Crippen LogP contribution in [0.5, 0.6) is 0 Å². The maximum Gasteiger partial charge on any atom is 0.228 e. The third kappa shape index (κ3) is 2.73. The van der Waals surface area contributed by atoms with Gasteiger partial charge in [0.1, 0.15) is 17.6 Å². The number of fused-ring (bicyclic) bond motifs is 1. The van der Waals surface area contributed by atoms with E-state index < -0.39 is 0 Å². The second-order valence-corrected chi connectivity index (χ2v) is 5.52. The van der Waals surface area contributed by atoms with Crippen molar-refractivity contribution >= 4 is 16.9 Å². The lowest BCUT2D eigenvalue weighted by atomic mass is 10.1. The topological polar surface area (TPSA) is 68.7 Å². The van der Waals surface area contributed by atoms with Crippen molar-refractivity contribution in [1.82, 2.24) is 10.1 Å². The van der Waals surface area contributed by atoms with Gasteiger partial charge in [-0.05, 0) is 24.3 Å². The average molecular weight is 312 g/mol. The molecule has 0 saturated carbocycles. The van der Waals surface area contributed by atoms with E-state index in [9.17, 15) is 4.79 Å². The standard InChI is InChI=1S/C17H16N2O4/c20-17(10-13-12-4-1-2-5-14(12)23-18-13)19-7-9-22-16(11-19)15-6-3-8-21-15/h1-6,8,16H,7,9-11H2. The van der Waals surface area contributed by atoms with Gasteiger partial charge in [0.2, 0.25) is 5.91 Å². The second-order valence-electron chi connectivity index (χ2n) is 5.52. The summed E-state index contributed by atoms with van der Waals surface area (Å²) in [6, 6.07) is 11.2. The fourth-order valence-corrected chi connectivity index (χ4v) is 2.84. The molecule has 1 aliphatic rings. The zero-order valence-electron chi connectivity index (χ0n) is 12.5. The summed E-state index contributed by atoms with van der Waals surface area (Å²) in [7, 11) is 0. The molecular formula is C17H16N2O4. The van der Waals surface area contributed by atoms with Crippen LogP contribution in [0.25, 0.3) is 11.0 Å². The molecule has 3 heterocycles. The molecule has 0 N–H and O–H groups in total. The number of benzene rings is 1. The van der Waals surface area contributed by atoms with Crippen LogP contribution in [0.2, 0.25) is 0 Å². The number of hydrogen-bond acceptors (Lipinski definition) is 5. The van der Waals surface area contributed by atoms with Crippen LogP contribution >= 0.6 is 0 Å². The molecule has 1 aliphatic heterocycles. The van der Waals surface area contributed by atoms with Gasteiger partial charge >= 0.3 is 0 Å². The molecule has 0 aliphatic carbocycles. The molecule has 1 fully saturated rings. The predicted octanol–water partition coefficient (Wildman–Crippen LogP) is 2.56. The first kappa shape index (κ1) is 14.0. The van der Waals surface area contributed by atoms with Crippen molar-refractivity contribution in [3.8, 4) is 0 Å². The largest absolute Gasteiger partial charge is 0.467 e. The van der Waals surface area contributed by atoms with Gasteiger partial charge in [0.05, 0.1) is 25.8 Å². The van der Waals surface area contributed by atoms with Gasteiger partial charge in [0, 0.05) is 11.9 Å². The molecule has 1 saturated heterocycles. The van der Waals surface area contributed by atoms with Crippen molar-refractivity contribution in [2.24, 2.45) is 0 Å². The molecule has 1 amide bonds. The second kappa shape index (κ2) is 5.89. The van der Waals surface area contributed by atoms with Gasteiger partial charge in [-0.25, -0.2) is 0 Å². The Kier molecular flexibility index (Phi) is 3.59. The first-order chi connectivity index (χ1) is 11.3. The van der Waals surface area contributed by atoms with Crippen molar-refractivity contribution in [3.63, 3.8) is 0 Å². The Morgan fingerprint density at radius 3 is 3.04 bits per heavy atom. The summed E-state index contributed by atoms with van der Waals surface area (Å²) in [6.45, 7) is 1.56. The van der Waals surface area contributed by atoms with Crippen LogP contribution in [-0.4, -0.2) is 35.7 Å². The first-order valence-corrected chi connectivity index (χ1v) is 7.57. The fourth-order valence-electron chi connectivity index (χ4n) is 2.84. The highest BCUT2D eigenvalue weighted by molar-refractivity contribution is 5.86. The van der Waals surface area contributed by atoms with Crippen molar-refractivity contribution in [2.45, 2.75) is 12.5 Å². The minimum absolute atomic E-state index is 0.0175. The van der Waals surface area contributed by atoms with Crippen LogP contribution in [0.4, 0.5) is 0 Å². The van der Waals surface area contributed by atoms with Gasteiger partial charge < -0.3 is 18.6 Å². The zero-order chi connectivity index (χ0) is 15.6. The monoisotopic (exact) mass is 312 g/mol. The number of para-hydroxylation sites is 1. The Labute approximate surface area is 132 Å². The summed E-state index contributed by atoms with van der Waals surface area (Å²) in [4.78, 5) is 14.4. The van der Waals surface area contributed by atoms with Crippen LogP contribution in [-0.2, 0) is 16.0 Å². The van der Waals surface area contributed by atoms with Gasteiger partial charge in [0.25, 0.3) is 0 Å². The lowest BCUT2D eigenvalue weighted by molar-refractivity contribution is -0.139. The molecule has 1 unspecified atom stereocenters. The number of aromatic nitrogens is 1. The predicted molar refractivity (Wildman–Crippen MR) is 81.7 cm³/mol. The molecule has 1 aromatic carbocycles. The summed E-state index contributed by atoms with van der Waals surface area (Å²) >= 11 is 0. The summed E-state index contributed by atoms with van der Waals surface area (Å²) < 4.78 is 16.3. The van der Waals surface area contributed by atoms with Crippen LogP contribution in [0, 0.1) is 0 Å². The highest BCUT2D eigenvalue weighted by atomic mass is 16.5. The van der Waals surface area contributed by atoms with E-state index in [1.54, 1.807) is 11.2 Å². The Bertz CT molecular complexity index is 809. The van der Waals surface area contributed by atoms with Crippen LogP contribution < -0.4 is 0 Å². The lowest BCUT2D eigenvalue weighted by Gasteiger charge is -2.31. The first-order valence-electron chi connectivity index (χ1n) is 7.57. The number of rotatable bonds is 3.